The zero-order valence-corrected chi connectivity index (χ0v) is 34.5. The third kappa shape index (κ3) is 10.1. The number of nitrogens with zero attached hydrogens (tertiary/aromatic N) is 7. The van der Waals surface area contributed by atoms with Crippen molar-refractivity contribution >= 4 is 52.5 Å². The van der Waals surface area contributed by atoms with Gasteiger partial charge in [-0.15, -0.1) is 0 Å². The van der Waals surface area contributed by atoms with Crippen molar-refractivity contribution in [3.05, 3.63) is 71.4 Å². The molecule has 8 rings (SSSR count). The number of aromatic nitrogens is 4. The molecule has 1 aromatic carbocycles. The largest absolute Gasteiger partial charge is 0.474 e. The van der Waals surface area contributed by atoms with Crippen molar-refractivity contribution in [2.75, 3.05) is 74.6 Å². The number of hydrogen-bond acceptors (Lipinski definition) is 12. The minimum absolute atomic E-state index is 0.152. The summed E-state index contributed by atoms with van der Waals surface area (Å²) in [5.74, 6) is 0.0769. The third-order valence-corrected chi connectivity index (χ3v) is 11.8. The molecule has 322 valence electrons. The average molecular weight is 836 g/mol. The number of urea groups is 1. The second-order valence-corrected chi connectivity index (χ2v) is 16.1. The molecular weight excluding hydrogens is 783 g/mol. The Balaban J connectivity index is 0.717. The van der Waals surface area contributed by atoms with Crippen LogP contribution in [0.4, 0.5) is 21.9 Å². The fraction of sp³-hybridized carbons (Fsp3) is 0.488. The van der Waals surface area contributed by atoms with Crippen molar-refractivity contribution in [1.82, 2.24) is 39.8 Å². The van der Waals surface area contributed by atoms with Crippen molar-refractivity contribution in [3.63, 3.8) is 0 Å². The first-order valence-electron chi connectivity index (χ1n) is 21.3. The number of carbonyl (C=O) groups is 5. The van der Waals surface area contributed by atoms with Gasteiger partial charge in [-0.25, -0.2) is 19.7 Å². The lowest BCUT2D eigenvalue weighted by Crippen LogP contribution is -2.52. The number of aryl methyl sites for hydroxylation is 1. The van der Waals surface area contributed by atoms with Gasteiger partial charge in [-0.1, -0.05) is 19.3 Å². The summed E-state index contributed by atoms with van der Waals surface area (Å²) in [6.07, 6.45) is 13.3. The number of piperazine rings is 1. The minimum atomic E-state index is -0.626. The topological polar surface area (TPSA) is 205 Å². The summed E-state index contributed by atoms with van der Waals surface area (Å²) < 4.78 is 13.5. The lowest BCUT2D eigenvalue weighted by molar-refractivity contribution is -0.137. The molecule has 61 heavy (non-hydrogen) atoms. The highest BCUT2D eigenvalue weighted by Gasteiger charge is 2.39. The minimum Gasteiger partial charge on any atom is -0.474 e. The molecular formula is C43H53N11O7. The van der Waals surface area contributed by atoms with Crippen LogP contribution < -0.4 is 30.9 Å². The van der Waals surface area contributed by atoms with Crippen LogP contribution in [-0.2, 0) is 25.7 Å². The van der Waals surface area contributed by atoms with Crippen LogP contribution >= 0.6 is 0 Å². The molecule has 2 saturated heterocycles. The van der Waals surface area contributed by atoms with Crippen LogP contribution in [0.15, 0.2) is 49.1 Å². The van der Waals surface area contributed by atoms with E-state index in [9.17, 15) is 24.0 Å². The fourth-order valence-corrected chi connectivity index (χ4v) is 8.56. The highest BCUT2D eigenvalue weighted by Crippen LogP contribution is 2.36. The number of nitrogens with one attached hydrogen (secondary N) is 4. The van der Waals surface area contributed by atoms with E-state index >= 15 is 0 Å². The Kier molecular flexibility index (Phi) is 13.0. The van der Waals surface area contributed by atoms with Gasteiger partial charge in [0.15, 0.2) is 0 Å². The third-order valence-electron chi connectivity index (χ3n) is 11.8. The highest BCUT2D eigenvalue weighted by molar-refractivity contribution is 6.05. The van der Waals surface area contributed by atoms with E-state index in [1.807, 2.05) is 31.3 Å². The monoisotopic (exact) mass is 835 g/mol. The van der Waals surface area contributed by atoms with Crippen molar-refractivity contribution in [3.8, 4) is 5.88 Å². The van der Waals surface area contributed by atoms with Crippen molar-refractivity contribution in [1.29, 1.82) is 0 Å². The van der Waals surface area contributed by atoms with Gasteiger partial charge in [-0.3, -0.25) is 33.8 Å². The second-order valence-electron chi connectivity index (χ2n) is 16.1. The molecule has 18 heteroatoms. The number of carbonyl (C=O) groups excluding carboxylic acids is 5. The van der Waals surface area contributed by atoms with Gasteiger partial charge in [0.1, 0.15) is 18.3 Å². The first-order chi connectivity index (χ1) is 29.7. The first kappa shape index (κ1) is 41.6. The van der Waals surface area contributed by atoms with Crippen molar-refractivity contribution in [2.24, 2.45) is 0 Å². The normalized spacial score (nSPS) is 18.6. The molecule has 1 aliphatic carbocycles. The van der Waals surface area contributed by atoms with Gasteiger partial charge >= 0.3 is 6.03 Å². The molecule has 18 nitrogen and oxygen atoms in total. The Labute approximate surface area is 353 Å². The number of pyridine rings is 1. The molecule has 0 radical (unpaired) electrons. The van der Waals surface area contributed by atoms with Gasteiger partial charge in [0.2, 0.25) is 29.4 Å². The summed E-state index contributed by atoms with van der Waals surface area (Å²) in [5.41, 5.74) is 5.29. The molecule has 3 aliphatic heterocycles. The first-order valence-corrected chi connectivity index (χ1v) is 21.3. The highest BCUT2D eigenvalue weighted by atomic mass is 16.5. The lowest BCUT2D eigenvalue weighted by atomic mass is 9.86. The number of ether oxygens (including phenoxy) is 2. The molecule has 4 aliphatic rings. The van der Waals surface area contributed by atoms with E-state index in [-0.39, 0.29) is 55.5 Å². The van der Waals surface area contributed by atoms with Crippen molar-refractivity contribution in [2.45, 2.75) is 76.8 Å². The van der Waals surface area contributed by atoms with Crippen LogP contribution in [0, 0.1) is 6.92 Å². The molecule has 6 amide bonds. The predicted octanol–water partition coefficient (Wildman–Crippen LogP) is 3.61. The number of amides is 6. The van der Waals surface area contributed by atoms with Gasteiger partial charge in [-0.2, -0.15) is 0 Å². The molecule has 0 spiro atoms. The molecule has 1 unspecified atom stereocenters. The lowest BCUT2D eigenvalue weighted by Gasteiger charge is -2.36. The predicted molar refractivity (Wildman–Crippen MR) is 226 cm³/mol. The summed E-state index contributed by atoms with van der Waals surface area (Å²) in [7, 11) is 0. The molecule has 0 bridgehead atoms. The maximum atomic E-state index is 13.3. The number of benzene rings is 1. The average Bonchev–Trinajstić information content (AvgIpc) is 3.86. The number of imidazole rings is 1. The van der Waals surface area contributed by atoms with E-state index < -0.39 is 18.0 Å². The fourth-order valence-electron chi connectivity index (χ4n) is 8.56. The van der Waals surface area contributed by atoms with E-state index in [4.69, 9.17) is 14.5 Å². The van der Waals surface area contributed by atoms with E-state index in [2.05, 4.69) is 41.0 Å². The summed E-state index contributed by atoms with van der Waals surface area (Å²) in [5, 5.41) is 11.1. The molecule has 1 saturated carbocycles. The van der Waals surface area contributed by atoms with Crippen LogP contribution in [-0.4, -0.2) is 124 Å². The van der Waals surface area contributed by atoms with Crippen LogP contribution in [0.3, 0.4) is 0 Å². The quantitative estimate of drug-likeness (QED) is 0.100. The number of imide groups is 1. The maximum Gasteiger partial charge on any atom is 0.323 e. The van der Waals surface area contributed by atoms with Gasteiger partial charge in [0.25, 0.3) is 5.91 Å². The van der Waals surface area contributed by atoms with Crippen molar-refractivity contribution < 1.29 is 33.4 Å². The molecule has 1 atom stereocenters. The van der Waals surface area contributed by atoms with Gasteiger partial charge in [0, 0.05) is 94.1 Å². The van der Waals surface area contributed by atoms with E-state index in [1.54, 1.807) is 34.0 Å². The number of piperidine rings is 1. The zero-order valence-electron chi connectivity index (χ0n) is 34.5. The van der Waals surface area contributed by atoms with E-state index in [0.29, 0.717) is 48.9 Å². The molecule has 3 fully saturated rings. The van der Waals surface area contributed by atoms with Crippen LogP contribution in [0.2, 0.25) is 0 Å². The summed E-state index contributed by atoms with van der Waals surface area (Å²) in [6, 6.07) is 6.57. The van der Waals surface area contributed by atoms with Gasteiger partial charge in [0.05, 0.1) is 31.1 Å². The number of rotatable bonds is 15. The SMILES string of the molecule is Cc1cnc(OCCNC(=O)CCOCCN2CCN(c3ccc4c(c3)CN(C3CCC(=O)NC3=O)C4=O)CC2)c(NC(=O)Nc2cn3ccnc3nc2C2CCCCC2)c1. The number of anilines is 3. The van der Waals surface area contributed by atoms with Gasteiger partial charge < -0.3 is 35.2 Å². The molecule has 6 heterocycles. The summed E-state index contributed by atoms with van der Waals surface area (Å²) >= 11 is 0. The maximum absolute atomic E-state index is 13.3. The molecule has 4 aromatic rings. The standard InChI is InChI=1S/C43H53N11O7/c1-28-23-33(47-43(59)48-34-27-53-14-12-45-42(53)50-38(34)29-5-3-2-4-6-29)40(46-25-28)61-21-13-44-36(55)11-20-60-22-19-51-15-17-52(18-16-51)31-7-8-32-30(24-31)26-54(41(32)58)35-9-10-37(56)49-39(35)57/h7-8,12,14,23-25,27,29,35H,2-6,9-11,13,15-22,26H2,1H3,(H,44,55)(H2,47,48,59)(H,49,56,57). The molecule has 4 N–H and O–H groups in total. The van der Waals surface area contributed by atoms with Crippen LogP contribution in [0.25, 0.3) is 5.78 Å². The Bertz CT molecular complexity index is 2270. The van der Waals surface area contributed by atoms with Gasteiger partial charge in [-0.05, 0) is 61.6 Å². The zero-order chi connectivity index (χ0) is 42.3. The number of fused-ring (bicyclic) bond motifs is 2. The Morgan fingerprint density at radius 2 is 1.75 bits per heavy atom. The Morgan fingerprint density at radius 3 is 2.57 bits per heavy atom. The Hall–Kier alpha value is -6.14. The molecule has 3 aromatic heterocycles. The van der Waals surface area contributed by atoms with Crippen LogP contribution in [0.1, 0.15) is 84.5 Å². The summed E-state index contributed by atoms with van der Waals surface area (Å²) in [6.45, 7) is 7.53. The second kappa shape index (κ2) is 19.1. The van der Waals surface area contributed by atoms with Crippen LogP contribution in [0.5, 0.6) is 5.88 Å². The van der Waals surface area contributed by atoms with E-state index in [0.717, 1.165) is 80.9 Å². The smallest absolute Gasteiger partial charge is 0.323 e. The van der Waals surface area contributed by atoms with E-state index in [1.165, 1.54) is 6.42 Å². The number of hydrogen-bond donors (Lipinski definition) is 4. The summed E-state index contributed by atoms with van der Waals surface area (Å²) in [4.78, 5) is 82.6. The Morgan fingerprint density at radius 1 is 0.934 bits per heavy atom.